The van der Waals surface area contributed by atoms with Crippen LogP contribution in [0, 0.1) is 0 Å². The summed E-state index contributed by atoms with van der Waals surface area (Å²) < 4.78 is 32.0. The van der Waals surface area contributed by atoms with E-state index in [1.165, 1.54) is 0 Å². The van der Waals surface area contributed by atoms with Crippen molar-refractivity contribution in [1.82, 2.24) is 9.36 Å². The smallest absolute Gasteiger partial charge is 0.303 e. The number of hydrogen-bond acceptors (Lipinski definition) is 6. The topological polar surface area (TPSA) is 109 Å². The molecule has 7 nitrogen and oxygen atoms in total. The number of hydrogen-bond donors (Lipinski definition) is 2. The molecule has 2 N–H and O–H groups in total. The number of rotatable bonds is 11. The van der Waals surface area contributed by atoms with E-state index >= 15 is 0 Å². The van der Waals surface area contributed by atoms with Crippen LogP contribution in [0.4, 0.5) is 5.95 Å². The molecule has 3 rings (SSSR count). The Kier molecular flexibility index (Phi) is 7.53. The van der Waals surface area contributed by atoms with Crippen LogP contribution in [-0.2, 0) is 21.2 Å². The van der Waals surface area contributed by atoms with Crippen LogP contribution < -0.4 is 4.72 Å². The maximum Gasteiger partial charge on any atom is 0.303 e. The van der Waals surface area contributed by atoms with Crippen molar-refractivity contribution in [2.75, 3.05) is 4.72 Å². The van der Waals surface area contributed by atoms with Crippen molar-refractivity contribution in [1.29, 1.82) is 0 Å². The maximum absolute atomic E-state index is 12.7. The van der Waals surface area contributed by atoms with E-state index in [9.17, 15) is 13.2 Å². The van der Waals surface area contributed by atoms with Gasteiger partial charge in [0.05, 0.1) is 4.90 Å². The summed E-state index contributed by atoms with van der Waals surface area (Å²) in [5.41, 5.74) is 1.80. The summed E-state index contributed by atoms with van der Waals surface area (Å²) in [5, 5.41) is 9.29. The first kappa shape index (κ1) is 21.9. The predicted molar refractivity (Wildman–Crippen MR) is 117 cm³/mol. The normalized spacial score (nSPS) is 11.3. The molecular weight excluding hydrogens is 422 g/mol. The summed E-state index contributed by atoms with van der Waals surface area (Å²) >= 11 is 1.14. The van der Waals surface area contributed by atoms with Crippen LogP contribution in [0.25, 0.3) is 10.6 Å². The van der Waals surface area contributed by atoms with E-state index in [1.807, 2.05) is 36.4 Å². The average Bonchev–Trinajstić information content (AvgIpc) is 3.19. The molecule has 0 saturated heterocycles. The first-order chi connectivity index (χ1) is 14.4. The zero-order valence-corrected chi connectivity index (χ0v) is 18.0. The second kappa shape index (κ2) is 10.3. The Morgan fingerprint density at radius 3 is 2.53 bits per heavy atom. The Morgan fingerprint density at radius 1 is 1.00 bits per heavy atom. The van der Waals surface area contributed by atoms with E-state index < -0.39 is 16.0 Å². The molecule has 2 aromatic carbocycles. The zero-order chi connectivity index (χ0) is 21.4. The lowest BCUT2D eigenvalue weighted by molar-refractivity contribution is -0.137. The number of carbonyl (C=O) groups is 1. The lowest BCUT2D eigenvalue weighted by Crippen LogP contribution is -2.14. The van der Waals surface area contributed by atoms with E-state index in [2.05, 4.69) is 14.1 Å². The van der Waals surface area contributed by atoms with Gasteiger partial charge in [-0.3, -0.25) is 4.79 Å². The number of carboxylic acids is 1. The van der Waals surface area contributed by atoms with Crippen LogP contribution in [0.1, 0.15) is 37.7 Å². The minimum absolute atomic E-state index is 0.0580. The van der Waals surface area contributed by atoms with Crippen molar-refractivity contribution < 1.29 is 18.3 Å². The monoisotopic (exact) mass is 445 g/mol. The molecule has 0 fully saturated rings. The Labute approximate surface area is 180 Å². The third kappa shape index (κ3) is 6.36. The quantitative estimate of drug-likeness (QED) is 0.418. The van der Waals surface area contributed by atoms with Crippen LogP contribution in [0.2, 0.25) is 0 Å². The number of aryl methyl sites for hydroxylation is 1. The molecule has 9 heteroatoms. The summed E-state index contributed by atoms with van der Waals surface area (Å²) in [6.45, 7) is 0. The number of anilines is 1. The third-order valence-electron chi connectivity index (χ3n) is 4.49. The first-order valence-electron chi connectivity index (χ1n) is 9.67. The van der Waals surface area contributed by atoms with Crippen LogP contribution in [0.5, 0.6) is 0 Å². The lowest BCUT2D eigenvalue weighted by atomic mass is 10.1. The van der Waals surface area contributed by atoms with Crippen LogP contribution in [0.15, 0.2) is 59.5 Å². The predicted octanol–water partition coefficient (Wildman–Crippen LogP) is 4.58. The summed E-state index contributed by atoms with van der Waals surface area (Å²) in [6, 6.07) is 16.3. The van der Waals surface area contributed by atoms with Crippen molar-refractivity contribution in [3.05, 3.63) is 60.2 Å². The number of benzene rings is 2. The lowest BCUT2D eigenvalue weighted by Gasteiger charge is -2.07. The number of nitrogens with one attached hydrogen (secondary N) is 1. The van der Waals surface area contributed by atoms with Gasteiger partial charge in [-0.1, -0.05) is 55.3 Å². The number of nitrogens with zero attached hydrogens (tertiary/aromatic N) is 2. The Bertz CT molecular complexity index is 1080. The van der Waals surface area contributed by atoms with Crippen molar-refractivity contribution >= 4 is 33.5 Å². The second-order valence-corrected chi connectivity index (χ2v) is 9.28. The molecule has 0 saturated carbocycles. The van der Waals surface area contributed by atoms with E-state index in [-0.39, 0.29) is 17.3 Å². The van der Waals surface area contributed by atoms with Gasteiger partial charge in [0.25, 0.3) is 10.0 Å². The van der Waals surface area contributed by atoms with Gasteiger partial charge in [0.2, 0.25) is 5.95 Å². The molecule has 0 bridgehead atoms. The number of unbranched alkanes of at least 4 members (excludes halogenated alkanes) is 3. The zero-order valence-electron chi connectivity index (χ0n) is 16.3. The molecule has 1 aromatic heterocycles. The molecule has 0 aliphatic carbocycles. The fourth-order valence-corrected chi connectivity index (χ4v) is 4.67. The Hall–Kier alpha value is -2.78. The van der Waals surface area contributed by atoms with Gasteiger partial charge < -0.3 is 5.11 Å². The van der Waals surface area contributed by atoms with E-state index in [0.717, 1.165) is 48.3 Å². The molecule has 0 aliphatic rings. The van der Waals surface area contributed by atoms with Gasteiger partial charge in [-0.2, -0.15) is 9.36 Å². The number of aromatic nitrogens is 2. The molecule has 0 atom stereocenters. The van der Waals surface area contributed by atoms with Gasteiger partial charge in [0.15, 0.2) is 0 Å². The molecular formula is C21H23N3O4S2. The Morgan fingerprint density at radius 2 is 1.77 bits per heavy atom. The fourth-order valence-electron chi connectivity index (χ4n) is 2.97. The van der Waals surface area contributed by atoms with Gasteiger partial charge in [0.1, 0.15) is 5.01 Å². The van der Waals surface area contributed by atoms with Gasteiger partial charge in [-0.25, -0.2) is 13.1 Å². The molecule has 158 valence electrons. The summed E-state index contributed by atoms with van der Waals surface area (Å²) in [5.74, 6) is -0.714. The molecule has 0 amide bonds. The summed E-state index contributed by atoms with van der Waals surface area (Å²) in [7, 11) is -3.79. The SMILES string of the molecule is O=C(O)CCCCCCc1cccc(S(=O)(=O)Nc2nsc(-c3ccccc3)n2)c1. The summed E-state index contributed by atoms with van der Waals surface area (Å²) in [4.78, 5) is 15.0. The molecule has 0 spiro atoms. The van der Waals surface area contributed by atoms with Gasteiger partial charge in [0, 0.05) is 12.0 Å². The van der Waals surface area contributed by atoms with Gasteiger partial charge >= 0.3 is 5.97 Å². The van der Waals surface area contributed by atoms with Crippen molar-refractivity contribution in [2.24, 2.45) is 0 Å². The number of sulfonamides is 1. The molecule has 0 unspecified atom stereocenters. The first-order valence-corrected chi connectivity index (χ1v) is 11.9. The highest BCUT2D eigenvalue weighted by atomic mass is 32.2. The fraction of sp³-hybridized carbons (Fsp3) is 0.286. The standard InChI is InChI=1S/C21H23N3O4S2/c25-19(26)14-7-2-1-4-9-16-10-8-13-18(15-16)30(27,28)24-21-22-20(29-23-21)17-11-5-3-6-12-17/h3,5-6,8,10-13,15H,1-2,4,7,9,14H2,(H,23,24)(H,25,26). The van der Waals surface area contributed by atoms with E-state index in [4.69, 9.17) is 5.11 Å². The number of aliphatic carboxylic acids is 1. The largest absolute Gasteiger partial charge is 0.481 e. The van der Waals surface area contributed by atoms with Crippen molar-refractivity contribution in [3.8, 4) is 10.6 Å². The molecule has 3 aromatic rings. The highest BCUT2D eigenvalue weighted by Gasteiger charge is 2.17. The van der Waals surface area contributed by atoms with Crippen LogP contribution >= 0.6 is 11.5 Å². The van der Waals surface area contributed by atoms with Crippen LogP contribution in [0.3, 0.4) is 0 Å². The second-order valence-electron chi connectivity index (χ2n) is 6.85. The maximum atomic E-state index is 12.7. The van der Waals surface area contributed by atoms with E-state index in [0.29, 0.717) is 11.4 Å². The van der Waals surface area contributed by atoms with Crippen LogP contribution in [-0.4, -0.2) is 28.9 Å². The Balaban J connectivity index is 1.59. The summed E-state index contributed by atoms with van der Waals surface area (Å²) in [6.07, 6.45) is 4.24. The third-order valence-corrected chi connectivity index (χ3v) is 6.58. The molecule has 0 radical (unpaired) electrons. The average molecular weight is 446 g/mol. The van der Waals surface area contributed by atoms with Crippen molar-refractivity contribution in [2.45, 2.75) is 43.4 Å². The van der Waals surface area contributed by atoms with E-state index in [1.54, 1.807) is 18.2 Å². The molecule has 30 heavy (non-hydrogen) atoms. The number of carboxylic acid groups (broad SMARTS) is 1. The van der Waals surface area contributed by atoms with Crippen molar-refractivity contribution in [3.63, 3.8) is 0 Å². The minimum Gasteiger partial charge on any atom is -0.481 e. The molecule has 0 aliphatic heterocycles. The highest BCUT2D eigenvalue weighted by molar-refractivity contribution is 7.92. The van der Waals surface area contributed by atoms with Gasteiger partial charge in [-0.05, 0) is 48.5 Å². The highest BCUT2D eigenvalue weighted by Crippen LogP contribution is 2.24. The van der Waals surface area contributed by atoms with Gasteiger partial charge in [-0.15, -0.1) is 0 Å². The molecule has 1 heterocycles. The minimum atomic E-state index is -3.79.